The maximum atomic E-state index is 12.9. The summed E-state index contributed by atoms with van der Waals surface area (Å²) in [5, 5.41) is 3.19. The van der Waals surface area contributed by atoms with Crippen LogP contribution in [0.4, 0.5) is 4.39 Å². The summed E-state index contributed by atoms with van der Waals surface area (Å²) < 4.78 is 12.9. The summed E-state index contributed by atoms with van der Waals surface area (Å²) in [6, 6.07) is 5.13. The van der Waals surface area contributed by atoms with Gasteiger partial charge in [-0.15, -0.1) is 0 Å². The molecule has 0 amide bonds. The fraction of sp³-hybridized carbons (Fsp3) is 0.500. The first kappa shape index (κ1) is 9.66. The maximum absolute atomic E-state index is 12.9. The van der Waals surface area contributed by atoms with E-state index in [0.717, 1.165) is 18.0 Å². The van der Waals surface area contributed by atoms with Crippen LogP contribution in [0.1, 0.15) is 23.5 Å². The van der Waals surface area contributed by atoms with Crippen LogP contribution in [0.3, 0.4) is 0 Å². The lowest BCUT2D eigenvalue weighted by atomic mass is 10.0. The van der Waals surface area contributed by atoms with Crippen LogP contribution >= 0.6 is 0 Å². The molecule has 2 rings (SSSR count). The third kappa shape index (κ3) is 1.80. The monoisotopic (exact) mass is 193 g/mol. The Labute approximate surface area is 84.3 Å². The van der Waals surface area contributed by atoms with Gasteiger partial charge >= 0.3 is 0 Å². The van der Waals surface area contributed by atoms with Crippen LogP contribution in [-0.2, 0) is 0 Å². The zero-order valence-electron chi connectivity index (χ0n) is 8.68. The highest BCUT2D eigenvalue weighted by Crippen LogP contribution is 2.47. The fourth-order valence-electron chi connectivity index (χ4n) is 2.17. The van der Waals surface area contributed by atoms with Crippen LogP contribution in [0, 0.1) is 18.7 Å². The second-order valence-corrected chi connectivity index (χ2v) is 4.16. The Morgan fingerprint density at radius 2 is 2.29 bits per heavy atom. The Kier molecular flexibility index (Phi) is 2.55. The van der Waals surface area contributed by atoms with Gasteiger partial charge in [0.2, 0.25) is 0 Å². The summed E-state index contributed by atoms with van der Waals surface area (Å²) >= 11 is 0. The van der Waals surface area contributed by atoms with Crippen molar-refractivity contribution in [2.75, 3.05) is 13.6 Å². The Morgan fingerprint density at radius 1 is 1.50 bits per heavy atom. The first-order valence-corrected chi connectivity index (χ1v) is 5.13. The number of halogens is 1. The van der Waals surface area contributed by atoms with Gasteiger partial charge in [0.15, 0.2) is 0 Å². The highest BCUT2D eigenvalue weighted by molar-refractivity contribution is 5.34. The van der Waals surface area contributed by atoms with E-state index in [0.29, 0.717) is 5.92 Å². The highest BCUT2D eigenvalue weighted by atomic mass is 19.1. The van der Waals surface area contributed by atoms with Crippen molar-refractivity contribution in [3.8, 4) is 0 Å². The molecule has 1 N–H and O–H groups in total. The van der Waals surface area contributed by atoms with Crippen molar-refractivity contribution in [3.63, 3.8) is 0 Å². The zero-order chi connectivity index (χ0) is 10.1. The van der Waals surface area contributed by atoms with E-state index in [1.807, 2.05) is 20.0 Å². The average molecular weight is 193 g/mol. The number of hydrogen-bond acceptors (Lipinski definition) is 1. The van der Waals surface area contributed by atoms with Crippen LogP contribution < -0.4 is 5.32 Å². The summed E-state index contributed by atoms with van der Waals surface area (Å²) in [5.74, 6) is 1.28. The van der Waals surface area contributed by atoms with Gasteiger partial charge in [-0.05, 0) is 62.0 Å². The summed E-state index contributed by atoms with van der Waals surface area (Å²) in [4.78, 5) is 0. The number of rotatable bonds is 3. The van der Waals surface area contributed by atoms with Crippen LogP contribution in [0.15, 0.2) is 18.2 Å². The maximum Gasteiger partial charge on any atom is 0.123 e. The third-order valence-corrected chi connectivity index (χ3v) is 3.02. The molecular weight excluding hydrogens is 177 g/mol. The molecule has 2 heteroatoms. The van der Waals surface area contributed by atoms with Crippen molar-refractivity contribution >= 4 is 0 Å². The number of hydrogen-bond donors (Lipinski definition) is 1. The minimum Gasteiger partial charge on any atom is -0.319 e. The van der Waals surface area contributed by atoms with Crippen molar-refractivity contribution < 1.29 is 4.39 Å². The summed E-state index contributed by atoms with van der Waals surface area (Å²) in [5.41, 5.74) is 2.42. The Balaban J connectivity index is 2.11. The lowest BCUT2D eigenvalue weighted by Gasteiger charge is -2.04. The molecule has 0 saturated heterocycles. The molecule has 0 unspecified atom stereocenters. The van der Waals surface area contributed by atoms with Crippen molar-refractivity contribution in [1.82, 2.24) is 5.32 Å². The summed E-state index contributed by atoms with van der Waals surface area (Å²) in [6.45, 7) is 3.06. The molecule has 0 bridgehead atoms. The van der Waals surface area contributed by atoms with Crippen molar-refractivity contribution in [2.24, 2.45) is 5.92 Å². The number of aryl methyl sites for hydroxylation is 1. The van der Waals surface area contributed by atoms with Gasteiger partial charge < -0.3 is 5.32 Å². The Hall–Kier alpha value is -0.890. The minimum absolute atomic E-state index is 0.128. The standard InChI is InChI=1S/C12H16FN/c1-8-5-10(13)3-4-11(8)12-6-9(12)7-14-2/h3-5,9,12,14H,6-7H2,1-2H3/t9-,12-/m0/s1. The first-order valence-electron chi connectivity index (χ1n) is 5.13. The van der Waals surface area contributed by atoms with Gasteiger partial charge in [0.25, 0.3) is 0 Å². The summed E-state index contributed by atoms with van der Waals surface area (Å²) in [6.07, 6.45) is 1.24. The Morgan fingerprint density at radius 3 is 2.93 bits per heavy atom. The van der Waals surface area contributed by atoms with E-state index in [4.69, 9.17) is 0 Å². The summed E-state index contributed by atoms with van der Waals surface area (Å²) in [7, 11) is 1.98. The largest absolute Gasteiger partial charge is 0.319 e. The van der Waals surface area contributed by atoms with E-state index in [-0.39, 0.29) is 5.82 Å². The molecule has 1 aliphatic rings. The molecular formula is C12H16FN. The third-order valence-electron chi connectivity index (χ3n) is 3.02. The second kappa shape index (κ2) is 3.70. The highest BCUT2D eigenvalue weighted by Gasteiger charge is 2.38. The predicted molar refractivity (Wildman–Crippen MR) is 55.9 cm³/mol. The number of benzene rings is 1. The molecule has 14 heavy (non-hydrogen) atoms. The molecule has 0 aliphatic heterocycles. The van der Waals surface area contributed by atoms with E-state index in [1.165, 1.54) is 12.0 Å². The van der Waals surface area contributed by atoms with Gasteiger partial charge in [-0.3, -0.25) is 0 Å². The van der Waals surface area contributed by atoms with Crippen molar-refractivity contribution in [1.29, 1.82) is 0 Å². The molecule has 0 heterocycles. The topological polar surface area (TPSA) is 12.0 Å². The van der Waals surface area contributed by atoms with Gasteiger partial charge in [0.1, 0.15) is 5.82 Å². The fourth-order valence-corrected chi connectivity index (χ4v) is 2.17. The predicted octanol–water partition coefficient (Wildman–Crippen LogP) is 2.46. The van der Waals surface area contributed by atoms with Crippen molar-refractivity contribution in [2.45, 2.75) is 19.3 Å². The molecule has 1 aromatic rings. The van der Waals surface area contributed by atoms with Gasteiger partial charge in [-0.25, -0.2) is 4.39 Å². The molecule has 1 fully saturated rings. The van der Waals surface area contributed by atoms with E-state index in [9.17, 15) is 4.39 Å². The second-order valence-electron chi connectivity index (χ2n) is 4.16. The lowest BCUT2D eigenvalue weighted by Crippen LogP contribution is -2.10. The first-order chi connectivity index (χ1) is 6.72. The Bertz CT molecular complexity index is 335. The molecule has 1 aromatic carbocycles. The average Bonchev–Trinajstić information content (AvgIpc) is 2.84. The lowest BCUT2D eigenvalue weighted by molar-refractivity contribution is 0.625. The van der Waals surface area contributed by atoms with E-state index in [2.05, 4.69) is 5.32 Å². The van der Waals surface area contributed by atoms with Gasteiger partial charge in [0.05, 0.1) is 0 Å². The van der Waals surface area contributed by atoms with Crippen LogP contribution in [0.2, 0.25) is 0 Å². The van der Waals surface area contributed by atoms with E-state index >= 15 is 0 Å². The molecule has 0 radical (unpaired) electrons. The molecule has 0 spiro atoms. The molecule has 0 aromatic heterocycles. The number of nitrogens with one attached hydrogen (secondary N) is 1. The molecule has 2 atom stereocenters. The van der Waals surface area contributed by atoms with Crippen LogP contribution in [0.5, 0.6) is 0 Å². The smallest absolute Gasteiger partial charge is 0.123 e. The van der Waals surface area contributed by atoms with Crippen LogP contribution in [0.25, 0.3) is 0 Å². The van der Waals surface area contributed by atoms with E-state index in [1.54, 1.807) is 12.1 Å². The molecule has 1 saturated carbocycles. The normalized spacial score (nSPS) is 25.1. The quantitative estimate of drug-likeness (QED) is 0.777. The van der Waals surface area contributed by atoms with Gasteiger partial charge in [-0.1, -0.05) is 6.07 Å². The molecule has 1 nitrogen and oxygen atoms in total. The molecule has 1 aliphatic carbocycles. The minimum atomic E-state index is -0.128. The zero-order valence-corrected chi connectivity index (χ0v) is 8.68. The van der Waals surface area contributed by atoms with E-state index < -0.39 is 0 Å². The van der Waals surface area contributed by atoms with Crippen LogP contribution in [-0.4, -0.2) is 13.6 Å². The van der Waals surface area contributed by atoms with Gasteiger partial charge in [0, 0.05) is 0 Å². The molecule has 76 valence electrons. The van der Waals surface area contributed by atoms with Gasteiger partial charge in [-0.2, -0.15) is 0 Å². The SMILES string of the molecule is CNC[C@@H]1C[C@@H]1c1ccc(F)cc1C. The van der Waals surface area contributed by atoms with Crippen molar-refractivity contribution in [3.05, 3.63) is 35.1 Å².